The lowest BCUT2D eigenvalue weighted by Crippen LogP contribution is -2.29. The molecule has 0 saturated heterocycles. The van der Waals surface area contributed by atoms with E-state index in [2.05, 4.69) is 26.7 Å². The predicted octanol–water partition coefficient (Wildman–Crippen LogP) is 3.92. The van der Waals surface area contributed by atoms with E-state index in [9.17, 15) is 13.6 Å². The summed E-state index contributed by atoms with van der Waals surface area (Å²) in [5.41, 5.74) is 0.603. The summed E-state index contributed by atoms with van der Waals surface area (Å²) < 4.78 is 35.6. The number of hydrazone groups is 1. The minimum absolute atomic E-state index is 0.0946. The Morgan fingerprint density at radius 2 is 2.09 bits per heavy atom. The number of carbonyl (C=O) groups excluding carboxylic acids is 1. The summed E-state index contributed by atoms with van der Waals surface area (Å²) in [4.78, 5) is 21.3. The van der Waals surface area contributed by atoms with Crippen LogP contribution in [0.3, 0.4) is 0 Å². The zero-order chi connectivity index (χ0) is 23.4. The highest BCUT2D eigenvalue weighted by molar-refractivity contribution is 5.94. The van der Waals surface area contributed by atoms with Gasteiger partial charge in [-0.1, -0.05) is 6.58 Å². The second kappa shape index (κ2) is 9.68. The van der Waals surface area contributed by atoms with Crippen molar-refractivity contribution in [2.75, 3.05) is 6.61 Å². The summed E-state index contributed by atoms with van der Waals surface area (Å²) in [6.07, 6.45) is 9.11. The second-order valence-electron chi connectivity index (χ2n) is 7.54. The third-order valence-corrected chi connectivity index (χ3v) is 5.20. The third-order valence-electron chi connectivity index (χ3n) is 5.20. The standard InChI is InChI=1S/C23H22F2N6O2/c1-15(5-3-10-33-22-14-26-21(13-27-22)30-9-4-7-28-30)23(32)31-20(6-8-29-31)17-12-18(24)16(2)11-19(17)25/h4,7-9,11-14,20H,1,3,5-6,10H2,2H3. The number of nitrogens with zero attached hydrogens (tertiary/aromatic N) is 6. The summed E-state index contributed by atoms with van der Waals surface area (Å²) in [6, 6.07) is 3.33. The highest BCUT2D eigenvalue weighted by Crippen LogP contribution is 2.32. The molecule has 1 aromatic carbocycles. The molecule has 3 heterocycles. The molecule has 3 aromatic rings. The van der Waals surface area contributed by atoms with Crippen molar-refractivity contribution < 1.29 is 18.3 Å². The van der Waals surface area contributed by atoms with Crippen LogP contribution in [0.1, 0.15) is 36.4 Å². The summed E-state index contributed by atoms with van der Waals surface area (Å²) >= 11 is 0. The van der Waals surface area contributed by atoms with E-state index in [1.165, 1.54) is 19.3 Å². The third kappa shape index (κ3) is 4.94. The molecule has 10 heteroatoms. The van der Waals surface area contributed by atoms with Crippen molar-refractivity contribution in [1.29, 1.82) is 0 Å². The molecular weight excluding hydrogens is 430 g/mol. The number of hydrogen-bond donors (Lipinski definition) is 0. The Bertz CT molecular complexity index is 1180. The molecule has 0 N–H and O–H groups in total. The van der Waals surface area contributed by atoms with Gasteiger partial charge in [-0.25, -0.2) is 28.4 Å². The normalized spacial score (nSPS) is 15.1. The van der Waals surface area contributed by atoms with Gasteiger partial charge in [-0.05, 0) is 43.5 Å². The van der Waals surface area contributed by atoms with Crippen LogP contribution in [0.5, 0.6) is 5.88 Å². The zero-order valence-corrected chi connectivity index (χ0v) is 18.0. The van der Waals surface area contributed by atoms with Crippen molar-refractivity contribution >= 4 is 12.1 Å². The van der Waals surface area contributed by atoms with Gasteiger partial charge in [0.05, 0.1) is 25.0 Å². The fourth-order valence-corrected chi connectivity index (χ4v) is 3.42. The average molecular weight is 452 g/mol. The van der Waals surface area contributed by atoms with E-state index < -0.39 is 23.6 Å². The molecule has 1 aliphatic heterocycles. The predicted molar refractivity (Wildman–Crippen MR) is 117 cm³/mol. The first-order valence-electron chi connectivity index (χ1n) is 10.4. The maximum Gasteiger partial charge on any atom is 0.269 e. The van der Waals surface area contributed by atoms with Crippen LogP contribution in [-0.2, 0) is 4.79 Å². The fourth-order valence-electron chi connectivity index (χ4n) is 3.42. The summed E-state index contributed by atoms with van der Waals surface area (Å²) in [7, 11) is 0. The molecule has 0 bridgehead atoms. The van der Waals surface area contributed by atoms with E-state index in [0.29, 0.717) is 43.1 Å². The van der Waals surface area contributed by atoms with Crippen LogP contribution in [0.15, 0.2) is 60.2 Å². The minimum atomic E-state index is -0.704. The van der Waals surface area contributed by atoms with Crippen LogP contribution >= 0.6 is 0 Å². The van der Waals surface area contributed by atoms with Crippen LogP contribution in [0.25, 0.3) is 5.82 Å². The molecule has 0 spiro atoms. The van der Waals surface area contributed by atoms with Crippen molar-refractivity contribution in [2.24, 2.45) is 5.10 Å². The lowest BCUT2D eigenvalue weighted by molar-refractivity contribution is -0.129. The minimum Gasteiger partial charge on any atom is -0.477 e. The van der Waals surface area contributed by atoms with Crippen LogP contribution in [-0.4, -0.2) is 43.5 Å². The van der Waals surface area contributed by atoms with E-state index >= 15 is 0 Å². The second-order valence-corrected chi connectivity index (χ2v) is 7.54. The quantitative estimate of drug-likeness (QED) is 0.382. The lowest BCUT2D eigenvalue weighted by Gasteiger charge is -2.23. The number of rotatable bonds is 8. The van der Waals surface area contributed by atoms with Gasteiger partial charge in [0, 0.05) is 36.2 Å². The van der Waals surface area contributed by atoms with Gasteiger partial charge >= 0.3 is 0 Å². The van der Waals surface area contributed by atoms with Gasteiger partial charge in [0.1, 0.15) is 11.6 Å². The molecule has 4 rings (SSSR count). The molecule has 8 nitrogen and oxygen atoms in total. The maximum absolute atomic E-state index is 14.4. The molecule has 0 fully saturated rings. The summed E-state index contributed by atoms with van der Waals surface area (Å²) in [5.74, 6) is -0.610. The van der Waals surface area contributed by atoms with Crippen LogP contribution in [0.4, 0.5) is 8.78 Å². The Kier molecular flexibility index (Phi) is 6.53. The topological polar surface area (TPSA) is 85.5 Å². The van der Waals surface area contributed by atoms with Crippen LogP contribution < -0.4 is 4.74 Å². The number of carbonyl (C=O) groups is 1. The first-order valence-corrected chi connectivity index (χ1v) is 10.4. The van der Waals surface area contributed by atoms with E-state index in [4.69, 9.17) is 4.74 Å². The van der Waals surface area contributed by atoms with Gasteiger partial charge in [0.25, 0.3) is 5.91 Å². The molecular formula is C23H22F2N6O2. The largest absolute Gasteiger partial charge is 0.477 e. The van der Waals surface area contributed by atoms with Crippen molar-refractivity contribution in [3.05, 3.63) is 77.9 Å². The molecule has 2 aromatic heterocycles. The number of halogens is 2. The highest BCUT2D eigenvalue weighted by Gasteiger charge is 2.31. The Labute approximate surface area is 189 Å². The molecule has 0 radical (unpaired) electrons. The van der Waals surface area contributed by atoms with Crippen molar-refractivity contribution in [2.45, 2.75) is 32.2 Å². The van der Waals surface area contributed by atoms with Crippen molar-refractivity contribution in [3.63, 3.8) is 0 Å². The van der Waals surface area contributed by atoms with Gasteiger partial charge in [0.15, 0.2) is 5.82 Å². The first kappa shape index (κ1) is 22.3. The van der Waals surface area contributed by atoms with E-state index in [0.717, 1.165) is 17.1 Å². The Balaban J connectivity index is 1.29. The number of hydrogen-bond acceptors (Lipinski definition) is 6. The first-order chi connectivity index (χ1) is 15.9. The number of aryl methyl sites for hydroxylation is 1. The number of amides is 1. The Morgan fingerprint density at radius 1 is 1.24 bits per heavy atom. The van der Waals surface area contributed by atoms with E-state index in [1.807, 2.05) is 0 Å². The molecule has 1 atom stereocenters. The van der Waals surface area contributed by atoms with Gasteiger partial charge in [-0.3, -0.25) is 4.79 Å². The van der Waals surface area contributed by atoms with E-state index in [1.54, 1.807) is 29.3 Å². The van der Waals surface area contributed by atoms with Crippen LogP contribution in [0, 0.1) is 18.6 Å². The number of ether oxygens (including phenoxy) is 1. The molecule has 170 valence electrons. The monoisotopic (exact) mass is 452 g/mol. The van der Waals surface area contributed by atoms with Crippen molar-refractivity contribution in [3.8, 4) is 11.7 Å². The average Bonchev–Trinajstić information content (AvgIpc) is 3.51. The summed E-state index contributed by atoms with van der Waals surface area (Å²) in [5, 5.41) is 9.30. The molecule has 33 heavy (non-hydrogen) atoms. The van der Waals surface area contributed by atoms with Gasteiger partial charge in [-0.15, -0.1) is 0 Å². The SMILES string of the molecule is C=C(CCCOc1cnc(-n2cccn2)cn1)C(=O)N1N=CCC1c1cc(F)c(C)cc1F. The molecule has 1 aliphatic rings. The van der Waals surface area contributed by atoms with Gasteiger partial charge in [-0.2, -0.15) is 10.2 Å². The summed E-state index contributed by atoms with van der Waals surface area (Å²) in [6.45, 7) is 5.62. The fraction of sp³-hybridized carbons (Fsp3) is 0.261. The van der Waals surface area contributed by atoms with Crippen LogP contribution in [0.2, 0.25) is 0 Å². The van der Waals surface area contributed by atoms with Crippen molar-refractivity contribution in [1.82, 2.24) is 24.8 Å². The number of aromatic nitrogens is 4. The Hall–Kier alpha value is -3.95. The smallest absolute Gasteiger partial charge is 0.269 e. The highest BCUT2D eigenvalue weighted by atomic mass is 19.1. The zero-order valence-electron chi connectivity index (χ0n) is 18.0. The van der Waals surface area contributed by atoms with E-state index in [-0.39, 0.29) is 11.1 Å². The van der Waals surface area contributed by atoms with Gasteiger partial charge < -0.3 is 4.74 Å². The Morgan fingerprint density at radius 3 is 2.82 bits per heavy atom. The van der Waals surface area contributed by atoms with Gasteiger partial charge in [0.2, 0.25) is 5.88 Å². The maximum atomic E-state index is 14.4. The molecule has 0 aliphatic carbocycles. The number of benzene rings is 1. The molecule has 1 amide bonds. The molecule has 1 unspecified atom stereocenters. The molecule has 0 saturated carbocycles. The lowest BCUT2D eigenvalue weighted by atomic mass is 10.0.